The summed E-state index contributed by atoms with van der Waals surface area (Å²) in [6, 6.07) is 9.07. The van der Waals surface area contributed by atoms with Crippen LogP contribution in [0.3, 0.4) is 0 Å². The van der Waals surface area contributed by atoms with E-state index in [1.54, 1.807) is 12.1 Å². The van der Waals surface area contributed by atoms with Gasteiger partial charge in [0.2, 0.25) is 0 Å². The van der Waals surface area contributed by atoms with Gasteiger partial charge in [-0.3, -0.25) is 9.78 Å². The molecule has 0 spiro atoms. The molecule has 0 bridgehead atoms. The van der Waals surface area contributed by atoms with E-state index < -0.39 is 27.7 Å². The number of pyridine rings is 1. The second-order valence-electron chi connectivity index (χ2n) is 5.77. The normalized spacial score (nSPS) is 13.7. The molecule has 28 heavy (non-hydrogen) atoms. The molecule has 1 amide bonds. The van der Waals surface area contributed by atoms with Crippen molar-refractivity contribution in [3.63, 3.8) is 0 Å². The monoisotopic (exact) mass is 410 g/mol. The number of carbonyl (C=O) groups is 1. The van der Waals surface area contributed by atoms with Crippen molar-refractivity contribution in [2.75, 3.05) is 6.26 Å². The van der Waals surface area contributed by atoms with Crippen LogP contribution in [-0.2, 0) is 22.3 Å². The molecular weight excluding hydrogens is 397 g/mol. The summed E-state index contributed by atoms with van der Waals surface area (Å²) < 4.78 is 58.0. The summed E-state index contributed by atoms with van der Waals surface area (Å²) in [6.07, 6.45) is -0.482. The number of benzene rings is 1. The Morgan fingerprint density at radius 1 is 1.21 bits per heavy atom. The highest BCUT2D eigenvalue weighted by Crippen LogP contribution is 2.27. The Labute approximate surface area is 157 Å². The summed E-state index contributed by atoms with van der Waals surface area (Å²) in [5.41, 5.74) is 0.752. The van der Waals surface area contributed by atoms with Crippen LogP contribution < -0.4 is 0 Å². The highest BCUT2D eigenvalue weighted by atomic mass is 32.2. The topological polar surface area (TPSA) is 98.3 Å². The first-order valence-corrected chi connectivity index (χ1v) is 9.73. The van der Waals surface area contributed by atoms with Gasteiger partial charge >= 0.3 is 12.1 Å². The van der Waals surface area contributed by atoms with Gasteiger partial charge in [-0.2, -0.15) is 22.5 Å². The molecule has 11 heteroatoms. The van der Waals surface area contributed by atoms with Gasteiger partial charge in [0.1, 0.15) is 0 Å². The lowest BCUT2D eigenvalue weighted by molar-refractivity contribution is -0.159. The van der Waals surface area contributed by atoms with Crippen LogP contribution in [0.1, 0.15) is 27.6 Å². The fourth-order valence-corrected chi connectivity index (χ4v) is 3.34. The standard InChI is InChI=1S/C17H13F3N4O3S/c1-28(26,13-3-2-8-21-10-13)24-15(25)12-6-4-11(5-7-12)9-14-22-16(27-23-14)17(18,19)20/h2-8,10H,9H2,1H3. The molecule has 0 N–H and O–H groups in total. The molecule has 2 aromatic heterocycles. The zero-order valence-electron chi connectivity index (χ0n) is 14.4. The smallest absolute Gasteiger partial charge is 0.329 e. The Bertz CT molecular complexity index is 1100. The zero-order chi connectivity index (χ0) is 20.4. The lowest BCUT2D eigenvalue weighted by atomic mass is 10.1. The number of alkyl halides is 3. The van der Waals surface area contributed by atoms with Gasteiger partial charge in [0.25, 0.3) is 5.91 Å². The summed E-state index contributed by atoms with van der Waals surface area (Å²) in [5.74, 6) is -2.23. The van der Waals surface area contributed by atoms with Gasteiger partial charge < -0.3 is 4.52 Å². The third-order valence-corrected chi connectivity index (χ3v) is 5.23. The Morgan fingerprint density at radius 3 is 2.50 bits per heavy atom. The lowest BCUT2D eigenvalue weighted by Gasteiger charge is -2.04. The van der Waals surface area contributed by atoms with E-state index in [1.807, 2.05) is 0 Å². The van der Waals surface area contributed by atoms with Crippen LogP contribution in [0.4, 0.5) is 13.2 Å². The Hall–Kier alpha value is -3.08. The zero-order valence-corrected chi connectivity index (χ0v) is 15.2. The molecule has 3 aromatic rings. The largest absolute Gasteiger partial charge is 0.471 e. The molecule has 0 saturated heterocycles. The first-order valence-electron chi connectivity index (χ1n) is 7.80. The van der Waals surface area contributed by atoms with Gasteiger partial charge in [0, 0.05) is 30.6 Å². The Balaban J connectivity index is 1.75. The van der Waals surface area contributed by atoms with Crippen molar-refractivity contribution in [2.24, 2.45) is 4.36 Å². The predicted molar refractivity (Wildman–Crippen MR) is 91.9 cm³/mol. The minimum absolute atomic E-state index is 0.00853. The average molecular weight is 410 g/mol. The van der Waals surface area contributed by atoms with E-state index in [4.69, 9.17) is 0 Å². The molecule has 0 saturated carbocycles. The van der Waals surface area contributed by atoms with Gasteiger partial charge in [0.05, 0.1) is 14.6 Å². The molecule has 0 aliphatic rings. The van der Waals surface area contributed by atoms with E-state index in [0.717, 1.165) is 0 Å². The van der Waals surface area contributed by atoms with E-state index in [1.165, 1.54) is 42.9 Å². The van der Waals surface area contributed by atoms with E-state index in [-0.39, 0.29) is 17.8 Å². The number of rotatable bonds is 4. The Morgan fingerprint density at radius 2 is 1.93 bits per heavy atom. The van der Waals surface area contributed by atoms with E-state index in [0.29, 0.717) is 10.5 Å². The van der Waals surface area contributed by atoms with Gasteiger partial charge in [-0.1, -0.05) is 17.3 Å². The van der Waals surface area contributed by atoms with Crippen LogP contribution in [-0.4, -0.2) is 31.5 Å². The maximum Gasteiger partial charge on any atom is 0.471 e. The summed E-state index contributed by atoms with van der Waals surface area (Å²) in [5, 5.41) is 3.28. The van der Waals surface area contributed by atoms with E-state index >= 15 is 0 Å². The molecule has 0 fully saturated rings. The number of hydrogen-bond acceptors (Lipinski definition) is 6. The van der Waals surface area contributed by atoms with E-state index in [2.05, 4.69) is 24.0 Å². The fourth-order valence-electron chi connectivity index (χ4n) is 2.22. The number of aromatic nitrogens is 3. The van der Waals surface area contributed by atoms with Crippen molar-refractivity contribution >= 4 is 15.6 Å². The number of carbonyl (C=O) groups excluding carboxylic acids is 1. The van der Waals surface area contributed by atoms with Crippen LogP contribution in [0, 0.1) is 0 Å². The first kappa shape index (κ1) is 19.7. The minimum atomic E-state index is -4.70. The van der Waals surface area contributed by atoms with Crippen molar-refractivity contribution < 1.29 is 26.7 Å². The van der Waals surface area contributed by atoms with Crippen LogP contribution >= 0.6 is 0 Å². The van der Waals surface area contributed by atoms with Gasteiger partial charge in [-0.15, -0.1) is 0 Å². The van der Waals surface area contributed by atoms with Crippen molar-refractivity contribution in [3.05, 3.63) is 71.6 Å². The van der Waals surface area contributed by atoms with Crippen LogP contribution in [0.2, 0.25) is 0 Å². The number of hydrogen-bond donors (Lipinski definition) is 0. The molecule has 146 valence electrons. The van der Waals surface area contributed by atoms with Crippen molar-refractivity contribution in [1.82, 2.24) is 15.1 Å². The molecule has 3 rings (SSSR count). The third kappa shape index (κ3) is 4.60. The molecule has 0 aliphatic carbocycles. The molecule has 1 aromatic carbocycles. The molecule has 1 unspecified atom stereocenters. The fraction of sp³-hybridized carbons (Fsp3) is 0.176. The SMILES string of the molecule is CS(=O)(=NC(=O)c1ccc(Cc2noc(C(F)(F)F)n2)cc1)c1cccnc1. The number of nitrogens with zero attached hydrogens (tertiary/aromatic N) is 4. The number of amides is 1. The van der Waals surface area contributed by atoms with Gasteiger partial charge in [0.15, 0.2) is 5.82 Å². The lowest BCUT2D eigenvalue weighted by Crippen LogP contribution is -2.05. The van der Waals surface area contributed by atoms with Gasteiger partial charge in [-0.05, 0) is 29.8 Å². The summed E-state index contributed by atoms with van der Waals surface area (Å²) in [6.45, 7) is 0. The molecule has 0 aliphatic heterocycles. The summed E-state index contributed by atoms with van der Waals surface area (Å²) >= 11 is 0. The van der Waals surface area contributed by atoms with Crippen molar-refractivity contribution in [1.29, 1.82) is 0 Å². The molecule has 1 atom stereocenters. The average Bonchev–Trinajstić information content (AvgIpc) is 3.12. The number of halogens is 3. The van der Waals surface area contributed by atoms with Crippen molar-refractivity contribution in [2.45, 2.75) is 17.5 Å². The molecule has 0 radical (unpaired) electrons. The van der Waals surface area contributed by atoms with Gasteiger partial charge in [-0.25, -0.2) is 4.21 Å². The maximum absolute atomic E-state index is 12.6. The summed E-state index contributed by atoms with van der Waals surface area (Å²) in [4.78, 5) is 19.8. The predicted octanol–water partition coefficient (Wildman–Crippen LogP) is 3.37. The molecule has 2 heterocycles. The summed E-state index contributed by atoms with van der Waals surface area (Å²) in [7, 11) is -2.95. The highest BCUT2D eigenvalue weighted by molar-refractivity contribution is 7.93. The van der Waals surface area contributed by atoms with Crippen molar-refractivity contribution in [3.8, 4) is 0 Å². The first-order chi connectivity index (χ1) is 13.1. The van der Waals surface area contributed by atoms with Crippen LogP contribution in [0.25, 0.3) is 0 Å². The molecular formula is C17H13F3N4O3S. The van der Waals surface area contributed by atoms with Crippen LogP contribution in [0.5, 0.6) is 0 Å². The minimum Gasteiger partial charge on any atom is -0.329 e. The van der Waals surface area contributed by atoms with E-state index in [9.17, 15) is 22.2 Å². The quantitative estimate of drug-likeness (QED) is 0.654. The molecule has 7 nitrogen and oxygen atoms in total. The second kappa shape index (κ2) is 7.50. The highest BCUT2D eigenvalue weighted by Gasteiger charge is 2.38. The maximum atomic E-state index is 12.6. The second-order valence-corrected chi connectivity index (χ2v) is 8.03. The third-order valence-electron chi connectivity index (χ3n) is 3.60. The Kier molecular flexibility index (Phi) is 5.27. The van der Waals surface area contributed by atoms with Crippen LogP contribution in [0.15, 0.2) is 62.6 Å².